The summed E-state index contributed by atoms with van der Waals surface area (Å²) in [7, 11) is 1.71. The van der Waals surface area contributed by atoms with E-state index in [4.69, 9.17) is 4.74 Å². The van der Waals surface area contributed by atoms with Gasteiger partial charge in [-0.25, -0.2) is 0 Å². The van der Waals surface area contributed by atoms with Crippen LogP contribution in [0.4, 0.5) is 0 Å². The summed E-state index contributed by atoms with van der Waals surface area (Å²) in [6, 6.07) is 0. The van der Waals surface area contributed by atoms with Crippen LogP contribution in [0.25, 0.3) is 0 Å². The Hall–Kier alpha value is -1.31. The lowest BCUT2D eigenvalue weighted by Gasteiger charge is -2.26. The van der Waals surface area contributed by atoms with Gasteiger partial charge in [-0.3, -0.25) is 4.99 Å². The Kier molecular flexibility index (Phi) is 7.43. The molecule has 2 heteroatoms. The minimum Gasteiger partial charge on any atom is -0.501 e. The van der Waals surface area contributed by atoms with Crippen LogP contribution < -0.4 is 0 Å². The fourth-order valence-corrected chi connectivity index (χ4v) is 2.03. The van der Waals surface area contributed by atoms with Crippen LogP contribution in [0, 0.1) is 5.41 Å². The zero-order valence-electron chi connectivity index (χ0n) is 13.8. The summed E-state index contributed by atoms with van der Waals surface area (Å²) in [5.74, 6) is 0.911. The second-order valence-electron chi connectivity index (χ2n) is 5.60. The van der Waals surface area contributed by atoms with E-state index in [-0.39, 0.29) is 5.41 Å². The second kappa shape index (κ2) is 7.98. The van der Waals surface area contributed by atoms with Crippen molar-refractivity contribution in [1.82, 2.24) is 0 Å². The molecule has 19 heavy (non-hydrogen) atoms. The quantitative estimate of drug-likeness (QED) is 0.375. The average Bonchev–Trinajstić information content (AvgIpc) is 2.33. The second-order valence-corrected chi connectivity index (χ2v) is 5.60. The fraction of sp³-hybridized carbons (Fsp3) is 0.588. The van der Waals surface area contributed by atoms with Crippen molar-refractivity contribution in [2.75, 3.05) is 7.11 Å². The molecule has 108 valence electrons. The number of aliphatic imine (C=N–C) groups is 1. The highest BCUT2D eigenvalue weighted by atomic mass is 16.5. The van der Waals surface area contributed by atoms with Crippen LogP contribution in [-0.2, 0) is 4.74 Å². The maximum atomic E-state index is 5.45. The summed E-state index contributed by atoms with van der Waals surface area (Å²) >= 11 is 0. The Labute approximate surface area is 119 Å². The van der Waals surface area contributed by atoms with E-state index in [0.717, 1.165) is 23.5 Å². The minimum absolute atomic E-state index is 0.0646. The normalized spacial score (nSPS) is 15.8. The molecule has 0 N–H and O–H groups in total. The first kappa shape index (κ1) is 17.7. The maximum Gasteiger partial charge on any atom is 0.102 e. The molecule has 0 saturated carbocycles. The molecule has 0 aromatic carbocycles. The van der Waals surface area contributed by atoms with Crippen molar-refractivity contribution in [2.24, 2.45) is 10.4 Å². The zero-order valence-corrected chi connectivity index (χ0v) is 13.8. The largest absolute Gasteiger partial charge is 0.501 e. The van der Waals surface area contributed by atoms with Gasteiger partial charge < -0.3 is 4.74 Å². The number of hydrogen-bond donors (Lipinski definition) is 0. The first-order chi connectivity index (χ1) is 8.79. The number of nitrogens with zero attached hydrogens (tertiary/aromatic N) is 1. The summed E-state index contributed by atoms with van der Waals surface area (Å²) in [5.41, 5.74) is 3.43. The maximum absolute atomic E-state index is 5.45. The van der Waals surface area contributed by atoms with E-state index in [1.807, 2.05) is 20.0 Å². The van der Waals surface area contributed by atoms with Gasteiger partial charge in [0.1, 0.15) is 5.76 Å². The Morgan fingerprint density at radius 2 is 1.79 bits per heavy atom. The number of methoxy groups -OCH3 is 1. The van der Waals surface area contributed by atoms with Crippen LogP contribution in [0.15, 0.2) is 40.2 Å². The van der Waals surface area contributed by atoms with Crippen LogP contribution >= 0.6 is 0 Å². The van der Waals surface area contributed by atoms with Gasteiger partial charge in [-0.05, 0) is 38.2 Å². The average molecular weight is 263 g/mol. The first-order valence-electron chi connectivity index (χ1n) is 6.91. The monoisotopic (exact) mass is 263 g/mol. The summed E-state index contributed by atoms with van der Waals surface area (Å²) in [5, 5.41) is 0. The van der Waals surface area contributed by atoms with Crippen molar-refractivity contribution in [1.29, 1.82) is 0 Å². The third-order valence-corrected chi connectivity index (χ3v) is 3.00. The highest BCUT2D eigenvalue weighted by molar-refractivity contribution is 6.03. The third kappa shape index (κ3) is 5.46. The lowest BCUT2D eigenvalue weighted by molar-refractivity contribution is 0.290. The Bertz CT molecular complexity index is 403. The van der Waals surface area contributed by atoms with Gasteiger partial charge in [0.15, 0.2) is 0 Å². The van der Waals surface area contributed by atoms with E-state index < -0.39 is 0 Å². The van der Waals surface area contributed by atoms with Gasteiger partial charge in [0.05, 0.1) is 7.11 Å². The van der Waals surface area contributed by atoms with Crippen LogP contribution in [0.5, 0.6) is 0 Å². The molecular formula is C17H29NO. The summed E-state index contributed by atoms with van der Waals surface area (Å²) in [4.78, 5) is 4.52. The Morgan fingerprint density at radius 3 is 2.16 bits per heavy atom. The molecule has 0 bridgehead atoms. The molecule has 0 aromatic heterocycles. The number of allylic oxidation sites excluding steroid dienone is 5. The first-order valence-corrected chi connectivity index (χ1v) is 6.91. The van der Waals surface area contributed by atoms with Crippen molar-refractivity contribution in [3.05, 3.63) is 35.3 Å². The van der Waals surface area contributed by atoms with Gasteiger partial charge in [0.2, 0.25) is 0 Å². The van der Waals surface area contributed by atoms with Gasteiger partial charge in [-0.2, -0.15) is 0 Å². The van der Waals surface area contributed by atoms with Crippen molar-refractivity contribution < 1.29 is 4.74 Å². The van der Waals surface area contributed by atoms with E-state index in [0.29, 0.717) is 0 Å². The van der Waals surface area contributed by atoms with Gasteiger partial charge in [-0.15, -0.1) is 0 Å². The van der Waals surface area contributed by atoms with Crippen molar-refractivity contribution in [3.8, 4) is 0 Å². The molecule has 0 radical (unpaired) electrons. The van der Waals surface area contributed by atoms with Gasteiger partial charge in [0, 0.05) is 17.5 Å². The van der Waals surface area contributed by atoms with Gasteiger partial charge in [-0.1, -0.05) is 39.8 Å². The minimum atomic E-state index is 0.0646. The molecule has 0 atom stereocenters. The molecular weight excluding hydrogens is 234 g/mol. The number of rotatable bonds is 5. The summed E-state index contributed by atoms with van der Waals surface area (Å²) in [6.07, 6.45) is 7.07. The molecule has 0 amide bonds. The van der Waals surface area contributed by atoms with Gasteiger partial charge in [0.25, 0.3) is 0 Å². The van der Waals surface area contributed by atoms with E-state index in [1.165, 1.54) is 5.57 Å². The molecule has 0 spiro atoms. The standard InChI is InChI=1S/C17H29NO/c1-9-11-12-18-13(3)16(14(4)19-8)15(10-2)17(5,6)7/h10-12H,9H2,1-8H3/b12-11+,15-10+,16-14-,18-13+. The van der Waals surface area contributed by atoms with Crippen LogP contribution in [0.3, 0.4) is 0 Å². The molecule has 0 heterocycles. The molecule has 0 rings (SSSR count). The van der Waals surface area contributed by atoms with Crippen LogP contribution in [-0.4, -0.2) is 12.8 Å². The van der Waals surface area contributed by atoms with Crippen molar-refractivity contribution in [3.63, 3.8) is 0 Å². The molecule has 0 saturated heterocycles. The number of hydrogen-bond acceptors (Lipinski definition) is 2. The van der Waals surface area contributed by atoms with Gasteiger partial charge >= 0.3 is 0 Å². The number of ether oxygens (including phenoxy) is 1. The van der Waals surface area contributed by atoms with E-state index in [2.05, 4.69) is 51.8 Å². The highest BCUT2D eigenvalue weighted by Gasteiger charge is 2.23. The van der Waals surface area contributed by atoms with Crippen molar-refractivity contribution >= 4 is 5.71 Å². The predicted molar refractivity (Wildman–Crippen MR) is 85.5 cm³/mol. The zero-order chi connectivity index (χ0) is 15.1. The third-order valence-electron chi connectivity index (χ3n) is 3.00. The lowest BCUT2D eigenvalue weighted by atomic mass is 9.80. The topological polar surface area (TPSA) is 21.6 Å². The molecule has 0 aliphatic heterocycles. The SMILES string of the molecule is C\C=C(C(/C(C)=N/C=C/CC)=C(/C)OC)\C(C)(C)C. The molecule has 0 aliphatic carbocycles. The van der Waals surface area contributed by atoms with E-state index in [1.54, 1.807) is 7.11 Å². The smallest absolute Gasteiger partial charge is 0.102 e. The van der Waals surface area contributed by atoms with Crippen LogP contribution in [0.2, 0.25) is 0 Å². The Balaban J connectivity index is 5.75. The van der Waals surface area contributed by atoms with E-state index in [9.17, 15) is 0 Å². The molecule has 0 aromatic rings. The summed E-state index contributed by atoms with van der Waals surface area (Å²) < 4.78 is 5.45. The molecule has 0 aliphatic rings. The van der Waals surface area contributed by atoms with Crippen LogP contribution in [0.1, 0.15) is 54.9 Å². The van der Waals surface area contributed by atoms with Crippen molar-refractivity contribution in [2.45, 2.75) is 54.9 Å². The molecule has 0 fully saturated rings. The highest BCUT2D eigenvalue weighted by Crippen LogP contribution is 2.33. The fourth-order valence-electron chi connectivity index (χ4n) is 2.03. The predicted octanol–water partition coefficient (Wildman–Crippen LogP) is 5.28. The van der Waals surface area contributed by atoms with E-state index >= 15 is 0 Å². The lowest BCUT2D eigenvalue weighted by Crippen LogP contribution is -2.17. The molecule has 2 nitrogen and oxygen atoms in total. The molecule has 0 unspecified atom stereocenters. The summed E-state index contributed by atoms with van der Waals surface area (Å²) in [6.45, 7) is 14.8. The Morgan fingerprint density at radius 1 is 1.21 bits per heavy atom.